The van der Waals surface area contributed by atoms with Gasteiger partial charge in [-0.25, -0.2) is 0 Å². The average Bonchev–Trinajstić information content (AvgIpc) is 2.54. The van der Waals surface area contributed by atoms with Crippen LogP contribution < -0.4 is 0 Å². The second kappa shape index (κ2) is 5.60. The molecule has 2 aliphatic rings. The molecule has 2 aliphatic heterocycles. The number of fused-ring (bicyclic) bond motifs is 2. The lowest BCUT2D eigenvalue weighted by molar-refractivity contribution is -0.138. The van der Waals surface area contributed by atoms with Crippen molar-refractivity contribution in [3.63, 3.8) is 0 Å². The zero-order chi connectivity index (χ0) is 13.3. The molecule has 0 amide bonds. The molecule has 3 nitrogen and oxygen atoms in total. The van der Waals surface area contributed by atoms with E-state index in [0.717, 1.165) is 12.8 Å². The summed E-state index contributed by atoms with van der Waals surface area (Å²) in [5.74, 6) is 0.499. The highest BCUT2D eigenvalue weighted by Crippen LogP contribution is 2.42. The van der Waals surface area contributed by atoms with Crippen molar-refractivity contribution in [2.75, 3.05) is 0 Å². The van der Waals surface area contributed by atoms with Crippen molar-refractivity contribution in [3.8, 4) is 0 Å². The third kappa shape index (κ3) is 2.71. The van der Waals surface area contributed by atoms with Gasteiger partial charge in [-0.2, -0.15) is 0 Å². The number of aliphatic carboxylic acids is 1. The first-order valence-electron chi connectivity index (χ1n) is 7.52. The maximum atomic E-state index is 10.9. The lowest BCUT2D eigenvalue weighted by Gasteiger charge is -2.45. The summed E-state index contributed by atoms with van der Waals surface area (Å²) < 4.78 is 0. The van der Waals surface area contributed by atoms with E-state index < -0.39 is 5.97 Å². The summed E-state index contributed by atoms with van der Waals surface area (Å²) in [4.78, 5) is 13.6. The van der Waals surface area contributed by atoms with E-state index in [1.807, 2.05) is 0 Å². The van der Waals surface area contributed by atoms with E-state index in [2.05, 4.69) is 25.7 Å². The van der Waals surface area contributed by atoms with Gasteiger partial charge >= 0.3 is 5.97 Å². The van der Waals surface area contributed by atoms with Gasteiger partial charge in [0.05, 0.1) is 0 Å². The van der Waals surface area contributed by atoms with Crippen LogP contribution in [-0.2, 0) is 4.79 Å². The Morgan fingerprint density at radius 2 is 1.83 bits per heavy atom. The molecule has 0 saturated carbocycles. The summed E-state index contributed by atoms with van der Waals surface area (Å²) in [5, 5.41) is 8.95. The van der Waals surface area contributed by atoms with E-state index in [0.29, 0.717) is 36.4 Å². The summed E-state index contributed by atoms with van der Waals surface area (Å²) >= 11 is 0. The first kappa shape index (κ1) is 13.9. The molecule has 3 heteroatoms. The van der Waals surface area contributed by atoms with Crippen LogP contribution in [0.2, 0.25) is 0 Å². The predicted octanol–water partition coefficient (Wildman–Crippen LogP) is 3.14. The predicted molar refractivity (Wildman–Crippen MR) is 72.5 cm³/mol. The first-order valence-corrected chi connectivity index (χ1v) is 7.52. The largest absolute Gasteiger partial charge is 0.481 e. The molecular weight excluding hydrogens is 226 g/mol. The molecule has 0 aromatic carbocycles. The van der Waals surface area contributed by atoms with E-state index in [9.17, 15) is 4.79 Å². The van der Waals surface area contributed by atoms with Gasteiger partial charge in [0.1, 0.15) is 0 Å². The smallest absolute Gasteiger partial charge is 0.303 e. The van der Waals surface area contributed by atoms with Crippen LogP contribution in [0.5, 0.6) is 0 Å². The second-order valence-electron chi connectivity index (χ2n) is 6.49. The Labute approximate surface area is 111 Å². The quantitative estimate of drug-likeness (QED) is 0.818. The van der Waals surface area contributed by atoms with Crippen molar-refractivity contribution >= 4 is 5.97 Å². The van der Waals surface area contributed by atoms with Gasteiger partial charge in [0.25, 0.3) is 0 Å². The number of carboxylic acids is 1. The van der Waals surface area contributed by atoms with Crippen LogP contribution in [0.4, 0.5) is 0 Å². The highest BCUT2D eigenvalue weighted by molar-refractivity contribution is 5.67. The molecule has 0 radical (unpaired) electrons. The number of rotatable bonds is 5. The molecule has 3 atom stereocenters. The minimum absolute atomic E-state index is 0.374. The molecule has 0 aliphatic carbocycles. The van der Waals surface area contributed by atoms with E-state index >= 15 is 0 Å². The fourth-order valence-corrected chi connectivity index (χ4v) is 4.31. The fraction of sp³-hybridized carbons (Fsp3) is 0.933. The normalized spacial score (nSPS) is 33.9. The standard InChI is InChI=1S/C15H27NO2/c1-4-14(10(2)3)16-12-5-6-13(16)8-11(7-12)9-15(17)18/h10-14H,4-9H2,1-3H3,(H,17,18). The molecule has 104 valence electrons. The van der Waals surface area contributed by atoms with Crippen molar-refractivity contribution in [1.29, 1.82) is 0 Å². The Morgan fingerprint density at radius 3 is 2.22 bits per heavy atom. The number of hydrogen-bond acceptors (Lipinski definition) is 2. The monoisotopic (exact) mass is 253 g/mol. The first-order chi connectivity index (χ1) is 8.52. The van der Waals surface area contributed by atoms with Crippen molar-refractivity contribution in [2.45, 2.75) is 77.4 Å². The SMILES string of the molecule is CCC(C(C)C)N1C2CCC1CC(CC(=O)O)C2. The van der Waals surface area contributed by atoms with Crippen LogP contribution in [0, 0.1) is 11.8 Å². The Kier molecular flexibility index (Phi) is 4.31. The summed E-state index contributed by atoms with van der Waals surface area (Å²) in [5.41, 5.74) is 0. The van der Waals surface area contributed by atoms with Crippen LogP contribution in [-0.4, -0.2) is 34.1 Å². The van der Waals surface area contributed by atoms with E-state index in [1.165, 1.54) is 19.3 Å². The molecule has 3 unspecified atom stereocenters. The molecule has 0 spiro atoms. The Bertz CT molecular complexity index is 289. The van der Waals surface area contributed by atoms with Gasteiger partial charge in [0.15, 0.2) is 0 Å². The van der Waals surface area contributed by atoms with Gasteiger partial charge in [0, 0.05) is 24.5 Å². The second-order valence-corrected chi connectivity index (χ2v) is 6.49. The summed E-state index contributed by atoms with van der Waals surface area (Å²) in [6.07, 6.45) is 6.36. The third-order valence-electron chi connectivity index (χ3n) is 4.92. The minimum atomic E-state index is -0.622. The van der Waals surface area contributed by atoms with Gasteiger partial charge in [-0.1, -0.05) is 20.8 Å². The highest BCUT2D eigenvalue weighted by atomic mass is 16.4. The van der Waals surface area contributed by atoms with Gasteiger partial charge in [0.2, 0.25) is 0 Å². The van der Waals surface area contributed by atoms with Gasteiger partial charge in [-0.05, 0) is 43.9 Å². The van der Waals surface area contributed by atoms with Gasteiger partial charge in [-0.3, -0.25) is 9.69 Å². The van der Waals surface area contributed by atoms with Crippen molar-refractivity contribution < 1.29 is 9.90 Å². The molecule has 2 bridgehead atoms. The number of hydrogen-bond donors (Lipinski definition) is 1. The van der Waals surface area contributed by atoms with E-state index in [4.69, 9.17) is 5.11 Å². The summed E-state index contributed by atoms with van der Waals surface area (Å²) in [6, 6.07) is 1.99. The van der Waals surface area contributed by atoms with E-state index in [1.54, 1.807) is 0 Å². The molecule has 18 heavy (non-hydrogen) atoms. The lowest BCUT2D eigenvalue weighted by Crippen LogP contribution is -2.50. The number of carbonyl (C=O) groups is 1. The van der Waals surface area contributed by atoms with Crippen molar-refractivity contribution in [1.82, 2.24) is 4.90 Å². The average molecular weight is 253 g/mol. The molecule has 2 fully saturated rings. The van der Waals surface area contributed by atoms with Crippen LogP contribution in [0.1, 0.15) is 59.3 Å². The maximum absolute atomic E-state index is 10.9. The Hall–Kier alpha value is -0.570. The van der Waals surface area contributed by atoms with E-state index in [-0.39, 0.29) is 0 Å². The zero-order valence-corrected chi connectivity index (χ0v) is 11.9. The third-order valence-corrected chi connectivity index (χ3v) is 4.92. The van der Waals surface area contributed by atoms with Crippen LogP contribution in [0.25, 0.3) is 0 Å². The summed E-state index contributed by atoms with van der Waals surface area (Å²) in [7, 11) is 0. The van der Waals surface area contributed by atoms with Crippen molar-refractivity contribution in [3.05, 3.63) is 0 Å². The molecule has 0 aromatic rings. The topological polar surface area (TPSA) is 40.5 Å². The van der Waals surface area contributed by atoms with Crippen LogP contribution in [0.3, 0.4) is 0 Å². The highest BCUT2D eigenvalue weighted by Gasteiger charge is 2.44. The molecule has 2 heterocycles. The lowest BCUT2D eigenvalue weighted by atomic mass is 9.85. The molecular formula is C15H27NO2. The Morgan fingerprint density at radius 1 is 1.28 bits per heavy atom. The van der Waals surface area contributed by atoms with Crippen LogP contribution >= 0.6 is 0 Å². The maximum Gasteiger partial charge on any atom is 0.303 e. The Balaban J connectivity index is 2.03. The molecule has 0 aromatic heterocycles. The minimum Gasteiger partial charge on any atom is -0.481 e. The molecule has 1 N–H and O–H groups in total. The van der Waals surface area contributed by atoms with Crippen LogP contribution in [0.15, 0.2) is 0 Å². The number of nitrogens with zero attached hydrogens (tertiary/aromatic N) is 1. The van der Waals surface area contributed by atoms with Crippen molar-refractivity contribution in [2.24, 2.45) is 11.8 Å². The molecule has 2 rings (SSSR count). The molecule has 2 saturated heterocycles. The number of piperidine rings is 1. The van der Waals surface area contributed by atoms with Gasteiger partial charge in [-0.15, -0.1) is 0 Å². The fourth-order valence-electron chi connectivity index (χ4n) is 4.31. The summed E-state index contributed by atoms with van der Waals surface area (Å²) in [6.45, 7) is 6.92. The van der Waals surface area contributed by atoms with Gasteiger partial charge < -0.3 is 5.11 Å². The zero-order valence-electron chi connectivity index (χ0n) is 11.9. The number of carboxylic acid groups (broad SMARTS) is 1.